The summed E-state index contributed by atoms with van der Waals surface area (Å²) in [5.74, 6) is 2.87. The number of hydrogen-bond acceptors (Lipinski definition) is 5. The third kappa shape index (κ3) is 6.24. The Labute approximate surface area is 297 Å². The minimum Gasteiger partial charge on any atom is -0.507 e. The fourth-order valence-electron chi connectivity index (χ4n) is 6.66. The molecule has 0 atom stereocenters. The van der Waals surface area contributed by atoms with Crippen molar-refractivity contribution in [1.29, 1.82) is 0 Å². The molecule has 6 aromatic rings. The summed E-state index contributed by atoms with van der Waals surface area (Å²) in [5.41, 5.74) is 3.55. The first kappa shape index (κ1) is 35.1. The van der Waals surface area contributed by atoms with Gasteiger partial charge in [0.1, 0.15) is 28.7 Å². The molecule has 0 aliphatic rings. The van der Waals surface area contributed by atoms with E-state index in [0.717, 1.165) is 59.7 Å². The van der Waals surface area contributed by atoms with Crippen LogP contribution in [0.15, 0.2) is 97.1 Å². The summed E-state index contributed by atoms with van der Waals surface area (Å²) in [6.45, 7) is 13.0. The Hall–Kier alpha value is -4.73. The van der Waals surface area contributed by atoms with E-state index in [2.05, 4.69) is 108 Å². The highest BCUT2D eigenvalue weighted by atomic mass is 31.1. The quantitative estimate of drug-likeness (QED) is 0.128. The number of methoxy groups -OCH3 is 4. The standard InChI is InChI=1S/C44H47O5P/c1-43(2,3)29-23-34(46-7)41(35(24-29)47-8)50(42-36(48-9)25-30(44(4,5)6)26-37(42)49-10)38-21-15-20-33(40(38)45)39-31-18-13-11-16-27(31)22-28-17-12-14-19-32(28)39/h11-26,45H,1-10H3. The molecular weight excluding hydrogens is 639 g/mol. The predicted molar refractivity (Wildman–Crippen MR) is 211 cm³/mol. The largest absolute Gasteiger partial charge is 0.507 e. The molecule has 0 radical (unpaired) electrons. The van der Waals surface area contributed by atoms with E-state index in [1.165, 1.54) is 0 Å². The molecule has 0 unspecified atom stereocenters. The highest BCUT2D eigenvalue weighted by molar-refractivity contribution is 7.80. The molecule has 0 fully saturated rings. The van der Waals surface area contributed by atoms with Crippen molar-refractivity contribution in [3.05, 3.63) is 108 Å². The first-order valence-corrected chi connectivity index (χ1v) is 18.2. The van der Waals surface area contributed by atoms with Crippen molar-refractivity contribution < 1.29 is 24.1 Å². The van der Waals surface area contributed by atoms with Crippen molar-refractivity contribution in [2.75, 3.05) is 28.4 Å². The van der Waals surface area contributed by atoms with Crippen LogP contribution in [0, 0.1) is 0 Å². The van der Waals surface area contributed by atoms with E-state index in [4.69, 9.17) is 18.9 Å². The molecule has 6 rings (SSSR count). The molecule has 258 valence electrons. The van der Waals surface area contributed by atoms with Crippen molar-refractivity contribution in [3.8, 4) is 39.9 Å². The second-order valence-corrected chi connectivity index (χ2v) is 16.7. The molecule has 0 bridgehead atoms. The lowest BCUT2D eigenvalue weighted by molar-refractivity contribution is 0.396. The maximum absolute atomic E-state index is 12.7. The summed E-state index contributed by atoms with van der Waals surface area (Å²) < 4.78 is 24.9. The monoisotopic (exact) mass is 686 g/mol. The molecule has 50 heavy (non-hydrogen) atoms. The van der Waals surface area contributed by atoms with Gasteiger partial charge in [-0.05, 0) is 73.8 Å². The Kier molecular flexibility index (Phi) is 9.50. The Morgan fingerprint density at radius 1 is 0.500 bits per heavy atom. The van der Waals surface area contributed by atoms with Crippen molar-refractivity contribution in [2.45, 2.75) is 52.4 Å². The van der Waals surface area contributed by atoms with Crippen molar-refractivity contribution in [3.63, 3.8) is 0 Å². The number of para-hydroxylation sites is 1. The van der Waals surface area contributed by atoms with E-state index in [1.807, 2.05) is 30.3 Å². The molecule has 0 aliphatic carbocycles. The molecule has 0 amide bonds. The van der Waals surface area contributed by atoms with Crippen LogP contribution >= 0.6 is 7.92 Å². The summed E-state index contributed by atoms with van der Waals surface area (Å²) >= 11 is 0. The summed E-state index contributed by atoms with van der Waals surface area (Å²) in [7, 11) is 5.14. The molecule has 0 saturated heterocycles. The van der Waals surface area contributed by atoms with Gasteiger partial charge in [-0.1, -0.05) is 108 Å². The fraction of sp³-hybridized carbons (Fsp3) is 0.273. The van der Waals surface area contributed by atoms with Gasteiger partial charge in [0.15, 0.2) is 0 Å². The Balaban J connectivity index is 1.76. The lowest BCUT2D eigenvalue weighted by Gasteiger charge is -2.31. The average molecular weight is 687 g/mol. The lowest BCUT2D eigenvalue weighted by Crippen LogP contribution is -2.27. The molecule has 6 aromatic carbocycles. The SMILES string of the molecule is COc1cc(C(C)(C)C)cc(OC)c1P(c1cccc(-c2c3ccccc3cc3ccccc23)c1O)c1c(OC)cc(C(C)(C)C)cc1OC. The molecule has 0 aliphatic heterocycles. The number of rotatable bonds is 8. The molecule has 5 nitrogen and oxygen atoms in total. The Morgan fingerprint density at radius 3 is 1.28 bits per heavy atom. The van der Waals surface area contributed by atoms with Gasteiger partial charge in [0, 0.05) is 24.4 Å². The van der Waals surface area contributed by atoms with Crippen LogP contribution in [0.1, 0.15) is 52.7 Å². The predicted octanol–water partition coefficient (Wildman–Crippen LogP) is 9.75. The highest BCUT2D eigenvalue weighted by Gasteiger charge is 2.35. The summed E-state index contributed by atoms with van der Waals surface area (Å²) in [6, 6.07) is 33.3. The molecule has 1 N–H and O–H groups in total. The normalized spacial score (nSPS) is 12.1. The van der Waals surface area contributed by atoms with E-state index >= 15 is 0 Å². The third-order valence-corrected chi connectivity index (χ3v) is 12.1. The summed E-state index contributed by atoms with van der Waals surface area (Å²) in [4.78, 5) is 0. The molecule has 6 heteroatoms. The van der Waals surface area contributed by atoms with Crippen LogP contribution in [0.2, 0.25) is 0 Å². The van der Waals surface area contributed by atoms with Gasteiger partial charge in [0.25, 0.3) is 0 Å². The van der Waals surface area contributed by atoms with E-state index in [0.29, 0.717) is 23.0 Å². The molecule has 0 aromatic heterocycles. The zero-order valence-electron chi connectivity index (χ0n) is 30.8. The first-order chi connectivity index (χ1) is 23.8. The fourth-order valence-corrected chi connectivity index (χ4v) is 9.44. The van der Waals surface area contributed by atoms with Crippen molar-refractivity contribution in [2.24, 2.45) is 0 Å². The van der Waals surface area contributed by atoms with E-state index in [9.17, 15) is 5.11 Å². The smallest absolute Gasteiger partial charge is 0.131 e. The number of phenolic OH excluding ortho intramolecular Hbond substituents is 1. The molecule has 0 spiro atoms. The second-order valence-electron chi connectivity index (χ2n) is 14.7. The Morgan fingerprint density at radius 2 is 0.900 bits per heavy atom. The molecule has 0 saturated carbocycles. The van der Waals surface area contributed by atoms with Crippen LogP contribution in [0.3, 0.4) is 0 Å². The maximum atomic E-state index is 12.7. The maximum Gasteiger partial charge on any atom is 0.131 e. The van der Waals surface area contributed by atoms with Crippen LogP contribution in [0.25, 0.3) is 32.7 Å². The second kappa shape index (κ2) is 13.5. The zero-order valence-corrected chi connectivity index (χ0v) is 31.7. The molecule has 0 heterocycles. The van der Waals surface area contributed by atoms with Gasteiger partial charge >= 0.3 is 0 Å². The van der Waals surface area contributed by atoms with Crippen LogP contribution in [0.4, 0.5) is 0 Å². The van der Waals surface area contributed by atoms with Gasteiger partial charge < -0.3 is 24.1 Å². The van der Waals surface area contributed by atoms with Gasteiger partial charge in [-0.25, -0.2) is 0 Å². The summed E-state index contributed by atoms with van der Waals surface area (Å²) in [5, 5.41) is 19.5. The van der Waals surface area contributed by atoms with Gasteiger partial charge in [-0.15, -0.1) is 0 Å². The number of benzene rings is 6. The number of phenols is 1. The van der Waals surface area contributed by atoms with Gasteiger partial charge in [-0.3, -0.25) is 0 Å². The third-order valence-electron chi connectivity index (χ3n) is 9.44. The minimum atomic E-state index is -1.61. The average Bonchev–Trinajstić information content (AvgIpc) is 3.10. The summed E-state index contributed by atoms with van der Waals surface area (Å²) in [6.07, 6.45) is 0. The van der Waals surface area contributed by atoms with E-state index in [1.54, 1.807) is 28.4 Å². The zero-order chi connectivity index (χ0) is 36.0. The van der Waals surface area contributed by atoms with Gasteiger partial charge in [-0.2, -0.15) is 0 Å². The number of aromatic hydroxyl groups is 1. The van der Waals surface area contributed by atoms with Crippen LogP contribution in [-0.2, 0) is 10.8 Å². The van der Waals surface area contributed by atoms with Gasteiger partial charge in [0.05, 0.1) is 39.0 Å². The van der Waals surface area contributed by atoms with Crippen molar-refractivity contribution in [1.82, 2.24) is 0 Å². The van der Waals surface area contributed by atoms with E-state index in [-0.39, 0.29) is 16.6 Å². The van der Waals surface area contributed by atoms with Crippen LogP contribution in [-0.4, -0.2) is 33.5 Å². The Bertz CT molecular complexity index is 2030. The lowest BCUT2D eigenvalue weighted by atomic mass is 9.87. The highest BCUT2D eigenvalue weighted by Crippen LogP contribution is 2.51. The van der Waals surface area contributed by atoms with Crippen LogP contribution in [0.5, 0.6) is 28.7 Å². The topological polar surface area (TPSA) is 57.2 Å². The first-order valence-electron chi connectivity index (χ1n) is 16.9. The van der Waals surface area contributed by atoms with Crippen molar-refractivity contribution >= 4 is 45.4 Å². The molecular formula is C44H47O5P. The number of ether oxygens (including phenoxy) is 4. The van der Waals surface area contributed by atoms with Crippen LogP contribution < -0.4 is 34.9 Å². The van der Waals surface area contributed by atoms with E-state index < -0.39 is 7.92 Å². The minimum absolute atomic E-state index is 0.164. The number of hydrogen-bond donors (Lipinski definition) is 1. The van der Waals surface area contributed by atoms with Gasteiger partial charge in [0.2, 0.25) is 0 Å². The number of fused-ring (bicyclic) bond motifs is 2.